The van der Waals surface area contributed by atoms with Gasteiger partial charge in [-0.3, -0.25) is 14.5 Å². The van der Waals surface area contributed by atoms with Gasteiger partial charge in [0, 0.05) is 37.9 Å². The molecule has 4 amide bonds. The summed E-state index contributed by atoms with van der Waals surface area (Å²) in [5.74, 6) is 0.199. The molecule has 2 aliphatic rings. The number of para-hydroxylation sites is 2. The van der Waals surface area contributed by atoms with E-state index in [0.29, 0.717) is 43.0 Å². The number of rotatable bonds is 4. The van der Waals surface area contributed by atoms with Crippen LogP contribution in [-0.4, -0.2) is 67.0 Å². The average molecular weight is 422 g/mol. The number of methoxy groups -OCH3 is 1. The van der Waals surface area contributed by atoms with Crippen LogP contribution in [0.15, 0.2) is 42.5 Å². The molecule has 8 heteroatoms. The third-order valence-electron chi connectivity index (χ3n) is 5.68. The molecule has 0 aliphatic carbocycles. The van der Waals surface area contributed by atoms with Gasteiger partial charge in [-0.1, -0.05) is 12.1 Å². The number of benzene rings is 2. The Kier molecular flexibility index (Phi) is 5.54. The van der Waals surface area contributed by atoms with E-state index in [2.05, 4.69) is 10.2 Å². The van der Waals surface area contributed by atoms with Crippen molar-refractivity contribution >= 4 is 29.2 Å². The molecule has 2 aromatic rings. The molecule has 162 valence electrons. The number of amides is 4. The molecule has 2 aromatic carbocycles. The summed E-state index contributed by atoms with van der Waals surface area (Å²) >= 11 is 0. The summed E-state index contributed by atoms with van der Waals surface area (Å²) in [5.41, 5.74) is 2.23. The number of carbonyl (C=O) groups excluding carboxylic acids is 3. The number of hydrogen-bond donors (Lipinski definition) is 1. The normalized spacial score (nSPS) is 16.1. The van der Waals surface area contributed by atoms with Gasteiger partial charge in [0.05, 0.1) is 23.9 Å². The van der Waals surface area contributed by atoms with Crippen LogP contribution in [0.2, 0.25) is 0 Å². The van der Waals surface area contributed by atoms with Crippen molar-refractivity contribution in [1.29, 1.82) is 0 Å². The van der Waals surface area contributed by atoms with Crippen molar-refractivity contribution in [2.45, 2.75) is 19.9 Å². The summed E-state index contributed by atoms with van der Waals surface area (Å²) in [7, 11) is 1.65. The molecule has 4 rings (SSSR count). The van der Waals surface area contributed by atoms with E-state index in [1.165, 1.54) is 4.90 Å². The van der Waals surface area contributed by atoms with Gasteiger partial charge in [-0.05, 0) is 44.2 Å². The second-order valence-corrected chi connectivity index (χ2v) is 7.91. The Bertz CT molecular complexity index is 1030. The number of ether oxygens (including phenoxy) is 1. The highest BCUT2D eigenvalue weighted by Crippen LogP contribution is 2.29. The number of anilines is 2. The lowest BCUT2D eigenvalue weighted by molar-refractivity contribution is 0.0609. The SMILES string of the molecule is COc1ccccc1N1CCN(C(=O)Nc2ccc3c(c2)C(=O)N(C(C)C)C3=O)CC1. The molecule has 1 saturated heterocycles. The number of fused-ring (bicyclic) bond motifs is 1. The molecule has 2 heterocycles. The summed E-state index contributed by atoms with van der Waals surface area (Å²) in [4.78, 5) is 42.9. The minimum Gasteiger partial charge on any atom is -0.495 e. The third-order valence-corrected chi connectivity index (χ3v) is 5.68. The molecule has 0 spiro atoms. The van der Waals surface area contributed by atoms with E-state index >= 15 is 0 Å². The average Bonchev–Trinajstić information content (AvgIpc) is 3.03. The van der Waals surface area contributed by atoms with Crippen molar-refractivity contribution in [2.75, 3.05) is 43.5 Å². The van der Waals surface area contributed by atoms with Gasteiger partial charge in [-0.2, -0.15) is 0 Å². The van der Waals surface area contributed by atoms with Crippen molar-refractivity contribution in [2.24, 2.45) is 0 Å². The second-order valence-electron chi connectivity index (χ2n) is 7.91. The molecule has 0 saturated carbocycles. The molecular weight excluding hydrogens is 396 g/mol. The highest BCUT2D eigenvalue weighted by molar-refractivity contribution is 6.22. The maximum absolute atomic E-state index is 12.8. The molecule has 0 aromatic heterocycles. The number of urea groups is 1. The summed E-state index contributed by atoms with van der Waals surface area (Å²) in [5, 5.41) is 2.86. The molecule has 8 nitrogen and oxygen atoms in total. The highest BCUT2D eigenvalue weighted by atomic mass is 16.5. The minimum atomic E-state index is -0.323. The maximum atomic E-state index is 12.8. The topological polar surface area (TPSA) is 82.2 Å². The lowest BCUT2D eigenvalue weighted by Gasteiger charge is -2.36. The van der Waals surface area contributed by atoms with Gasteiger partial charge in [0.2, 0.25) is 0 Å². The summed E-state index contributed by atoms with van der Waals surface area (Å²) < 4.78 is 5.44. The Morgan fingerprint density at radius 2 is 1.65 bits per heavy atom. The largest absolute Gasteiger partial charge is 0.495 e. The van der Waals surface area contributed by atoms with Crippen LogP contribution in [0.4, 0.5) is 16.2 Å². The Balaban J connectivity index is 1.40. The molecule has 2 aliphatic heterocycles. The van der Waals surface area contributed by atoms with E-state index in [0.717, 1.165) is 11.4 Å². The number of nitrogens with zero attached hydrogens (tertiary/aromatic N) is 3. The Morgan fingerprint density at radius 3 is 2.32 bits per heavy atom. The molecule has 1 N–H and O–H groups in total. The van der Waals surface area contributed by atoms with Crippen molar-refractivity contribution in [3.8, 4) is 5.75 Å². The summed E-state index contributed by atoms with van der Waals surface area (Å²) in [6.07, 6.45) is 0. The van der Waals surface area contributed by atoms with Crippen molar-refractivity contribution in [1.82, 2.24) is 9.80 Å². The molecule has 0 atom stereocenters. The number of hydrogen-bond acceptors (Lipinski definition) is 5. The van der Waals surface area contributed by atoms with Gasteiger partial charge >= 0.3 is 6.03 Å². The van der Waals surface area contributed by atoms with Crippen molar-refractivity contribution < 1.29 is 19.1 Å². The number of piperazine rings is 1. The Hall–Kier alpha value is -3.55. The van der Waals surface area contributed by atoms with Crippen molar-refractivity contribution in [3.63, 3.8) is 0 Å². The first kappa shape index (κ1) is 20.7. The summed E-state index contributed by atoms with van der Waals surface area (Å²) in [6, 6.07) is 12.2. The fourth-order valence-corrected chi connectivity index (χ4v) is 4.05. The standard InChI is InChI=1S/C23H26N4O4/c1-15(2)27-21(28)17-9-8-16(14-18(17)22(27)29)24-23(30)26-12-10-25(11-13-26)19-6-4-5-7-20(19)31-3/h4-9,14-15H,10-13H2,1-3H3,(H,24,30). The van der Waals surface area contributed by atoms with Crippen LogP contribution >= 0.6 is 0 Å². The fraction of sp³-hybridized carbons (Fsp3) is 0.348. The number of nitrogens with one attached hydrogen (secondary N) is 1. The lowest BCUT2D eigenvalue weighted by atomic mass is 10.1. The van der Waals surface area contributed by atoms with E-state index < -0.39 is 0 Å². The summed E-state index contributed by atoms with van der Waals surface area (Å²) in [6.45, 7) is 6.10. The first-order chi connectivity index (χ1) is 14.9. The predicted molar refractivity (Wildman–Crippen MR) is 118 cm³/mol. The second kappa shape index (κ2) is 8.29. The van der Waals surface area contributed by atoms with Crippen LogP contribution < -0.4 is 15.0 Å². The fourth-order valence-electron chi connectivity index (χ4n) is 4.05. The van der Waals surface area contributed by atoms with E-state index in [1.54, 1.807) is 44.1 Å². The first-order valence-electron chi connectivity index (χ1n) is 10.4. The smallest absolute Gasteiger partial charge is 0.321 e. The van der Waals surface area contributed by atoms with E-state index in [1.807, 2.05) is 24.3 Å². The van der Waals surface area contributed by atoms with Gasteiger partial charge in [-0.25, -0.2) is 4.79 Å². The number of carbonyl (C=O) groups is 3. The van der Waals surface area contributed by atoms with Gasteiger partial charge in [0.1, 0.15) is 5.75 Å². The minimum absolute atomic E-state index is 0.218. The zero-order valence-electron chi connectivity index (χ0n) is 17.9. The van der Waals surface area contributed by atoms with Crippen LogP contribution in [0, 0.1) is 0 Å². The van der Waals surface area contributed by atoms with Crippen LogP contribution in [-0.2, 0) is 0 Å². The van der Waals surface area contributed by atoms with Gasteiger partial charge in [-0.15, -0.1) is 0 Å². The predicted octanol–water partition coefficient (Wildman–Crippen LogP) is 3.05. The molecule has 1 fully saturated rings. The molecule has 0 radical (unpaired) electrons. The van der Waals surface area contributed by atoms with E-state index in [4.69, 9.17) is 4.74 Å². The van der Waals surface area contributed by atoms with Crippen molar-refractivity contribution in [3.05, 3.63) is 53.6 Å². The monoisotopic (exact) mass is 422 g/mol. The third kappa shape index (κ3) is 3.81. The van der Waals surface area contributed by atoms with E-state index in [9.17, 15) is 14.4 Å². The highest BCUT2D eigenvalue weighted by Gasteiger charge is 2.37. The molecule has 0 unspecified atom stereocenters. The zero-order valence-corrected chi connectivity index (χ0v) is 17.9. The van der Waals surface area contributed by atoms with Crippen LogP contribution in [0.1, 0.15) is 34.6 Å². The lowest BCUT2D eigenvalue weighted by Crippen LogP contribution is -2.50. The maximum Gasteiger partial charge on any atom is 0.321 e. The van der Waals surface area contributed by atoms with Crippen LogP contribution in [0.5, 0.6) is 5.75 Å². The Labute approximate surface area is 181 Å². The van der Waals surface area contributed by atoms with Gasteiger partial charge in [0.15, 0.2) is 0 Å². The quantitative estimate of drug-likeness (QED) is 0.766. The molecular formula is C23H26N4O4. The van der Waals surface area contributed by atoms with Gasteiger partial charge in [0.25, 0.3) is 11.8 Å². The van der Waals surface area contributed by atoms with Crippen LogP contribution in [0.3, 0.4) is 0 Å². The number of imide groups is 1. The zero-order chi connectivity index (χ0) is 22.1. The van der Waals surface area contributed by atoms with E-state index in [-0.39, 0.29) is 23.9 Å². The molecule has 31 heavy (non-hydrogen) atoms. The first-order valence-corrected chi connectivity index (χ1v) is 10.4. The Morgan fingerprint density at radius 1 is 0.968 bits per heavy atom. The van der Waals surface area contributed by atoms with Gasteiger partial charge < -0.3 is 19.9 Å². The van der Waals surface area contributed by atoms with Crippen LogP contribution in [0.25, 0.3) is 0 Å². The molecule has 0 bridgehead atoms.